The van der Waals surface area contributed by atoms with Gasteiger partial charge in [0.25, 0.3) is 5.91 Å². The second kappa shape index (κ2) is 9.06. The normalized spacial score (nSPS) is 17.4. The number of amides is 1. The Morgan fingerprint density at radius 2 is 1.82 bits per heavy atom. The lowest BCUT2D eigenvalue weighted by atomic mass is 10.1. The molecule has 0 bridgehead atoms. The maximum Gasteiger partial charge on any atom is 0.425 e. The fourth-order valence-corrected chi connectivity index (χ4v) is 4.46. The molecule has 8 nitrogen and oxygen atoms in total. The van der Waals surface area contributed by atoms with Crippen LogP contribution in [-0.2, 0) is 27.7 Å². The molecule has 2 aliphatic rings. The lowest BCUT2D eigenvalue weighted by Crippen LogP contribution is -2.36. The summed E-state index contributed by atoms with van der Waals surface area (Å²) in [6.45, 7) is 3.82. The van der Waals surface area contributed by atoms with Gasteiger partial charge in [-0.15, -0.1) is 0 Å². The molecule has 0 unspecified atom stereocenters. The minimum absolute atomic E-state index is 0.184. The highest BCUT2D eigenvalue weighted by Gasteiger charge is 2.39. The molecule has 2 aliphatic heterocycles. The number of morpholine rings is 1. The molecule has 1 atom stereocenters. The van der Waals surface area contributed by atoms with Gasteiger partial charge in [0.05, 0.1) is 23.7 Å². The van der Waals surface area contributed by atoms with E-state index in [-0.39, 0.29) is 29.3 Å². The third-order valence-electron chi connectivity index (χ3n) is 5.79. The highest BCUT2D eigenvalue weighted by molar-refractivity contribution is 7.90. The first-order valence-electron chi connectivity index (χ1n) is 10.6. The molecule has 1 aromatic heterocycles. The summed E-state index contributed by atoms with van der Waals surface area (Å²) in [5.41, 5.74) is 1.44. The zero-order chi connectivity index (χ0) is 24.7. The van der Waals surface area contributed by atoms with Gasteiger partial charge >= 0.3 is 6.18 Å². The molecule has 2 aromatic rings. The SMILES string of the molecule is C[C@H](Oc1ccc(S(C)(=O)=O)cc1C(=O)N1Cc2cnc(N3CCOCC3)cc2C1)C(F)(F)F. The predicted molar refractivity (Wildman–Crippen MR) is 117 cm³/mol. The Labute approximate surface area is 195 Å². The summed E-state index contributed by atoms with van der Waals surface area (Å²) in [6.07, 6.45) is -4.19. The van der Waals surface area contributed by atoms with Crippen LogP contribution >= 0.6 is 0 Å². The van der Waals surface area contributed by atoms with Gasteiger partial charge in [0.15, 0.2) is 15.9 Å². The Balaban J connectivity index is 1.61. The molecule has 4 rings (SSSR count). The number of sulfone groups is 1. The Morgan fingerprint density at radius 3 is 2.47 bits per heavy atom. The highest BCUT2D eigenvalue weighted by Crippen LogP contribution is 2.32. The Bertz CT molecular complexity index is 1200. The smallest absolute Gasteiger partial charge is 0.425 e. The zero-order valence-corrected chi connectivity index (χ0v) is 19.4. The molecule has 1 saturated heterocycles. The Morgan fingerprint density at radius 1 is 1.15 bits per heavy atom. The number of carbonyl (C=O) groups is 1. The van der Waals surface area contributed by atoms with E-state index in [0.717, 1.165) is 48.3 Å². The average Bonchev–Trinajstić information content (AvgIpc) is 3.21. The molecule has 34 heavy (non-hydrogen) atoms. The third kappa shape index (κ3) is 5.12. The van der Waals surface area contributed by atoms with Crippen LogP contribution in [0.1, 0.15) is 28.4 Å². The number of hydrogen-bond acceptors (Lipinski definition) is 7. The second-order valence-electron chi connectivity index (χ2n) is 8.30. The van der Waals surface area contributed by atoms with Gasteiger partial charge in [0, 0.05) is 38.6 Å². The van der Waals surface area contributed by atoms with E-state index in [0.29, 0.717) is 26.3 Å². The average molecular weight is 500 g/mol. The molecular weight excluding hydrogens is 475 g/mol. The Kier molecular flexibility index (Phi) is 6.47. The number of pyridine rings is 1. The van der Waals surface area contributed by atoms with E-state index < -0.39 is 28.0 Å². The van der Waals surface area contributed by atoms with E-state index in [1.807, 2.05) is 6.07 Å². The number of anilines is 1. The van der Waals surface area contributed by atoms with E-state index in [4.69, 9.17) is 9.47 Å². The number of nitrogens with zero attached hydrogens (tertiary/aromatic N) is 3. The van der Waals surface area contributed by atoms with Crippen molar-refractivity contribution >= 4 is 21.6 Å². The van der Waals surface area contributed by atoms with E-state index in [2.05, 4.69) is 9.88 Å². The molecule has 184 valence electrons. The number of halogens is 3. The van der Waals surface area contributed by atoms with Crippen molar-refractivity contribution in [1.29, 1.82) is 0 Å². The van der Waals surface area contributed by atoms with Crippen LogP contribution in [0.15, 0.2) is 35.4 Å². The molecule has 0 aliphatic carbocycles. The fourth-order valence-electron chi connectivity index (χ4n) is 3.82. The molecular formula is C22H24F3N3O5S. The molecule has 0 saturated carbocycles. The van der Waals surface area contributed by atoms with Gasteiger partial charge in [-0.3, -0.25) is 4.79 Å². The monoisotopic (exact) mass is 499 g/mol. The highest BCUT2D eigenvalue weighted by atomic mass is 32.2. The first-order chi connectivity index (χ1) is 15.9. The van der Waals surface area contributed by atoms with Crippen LogP contribution < -0.4 is 9.64 Å². The first-order valence-corrected chi connectivity index (χ1v) is 12.5. The summed E-state index contributed by atoms with van der Waals surface area (Å²) < 4.78 is 73.7. The van der Waals surface area contributed by atoms with Crippen molar-refractivity contribution in [3.63, 3.8) is 0 Å². The summed E-state index contributed by atoms with van der Waals surface area (Å²) in [6, 6.07) is 5.18. The third-order valence-corrected chi connectivity index (χ3v) is 6.90. The second-order valence-corrected chi connectivity index (χ2v) is 10.3. The number of rotatable bonds is 5. The topological polar surface area (TPSA) is 89.0 Å². The van der Waals surface area contributed by atoms with Crippen LogP contribution in [0.3, 0.4) is 0 Å². The molecule has 1 fully saturated rings. The zero-order valence-electron chi connectivity index (χ0n) is 18.6. The van der Waals surface area contributed by atoms with Gasteiger partial charge < -0.3 is 19.3 Å². The fraction of sp³-hybridized carbons (Fsp3) is 0.455. The summed E-state index contributed by atoms with van der Waals surface area (Å²) >= 11 is 0. The molecule has 1 aromatic carbocycles. The van der Waals surface area contributed by atoms with Gasteiger partial charge in [-0.25, -0.2) is 13.4 Å². The summed E-state index contributed by atoms with van der Waals surface area (Å²) in [5.74, 6) is -0.192. The van der Waals surface area contributed by atoms with Crippen LogP contribution in [0, 0.1) is 0 Å². The Hall–Kier alpha value is -2.86. The molecule has 0 N–H and O–H groups in total. The largest absolute Gasteiger partial charge is 0.480 e. The van der Waals surface area contributed by atoms with Crippen LogP contribution in [-0.4, -0.2) is 69.0 Å². The van der Waals surface area contributed by atoms with Crippen molar-refractivity contribution in [1.82, 2.24) is 9.88 Å². The maximum absolute atomic E-state index is 13.4. The van der Waals surface area contributed by atoms with Crippen molar-refractivity contribution in [2.45, 2.75) is 37.2 Å². The number of hydrogen-bond donors (Lipinski definition) is 0. The van der Waals surface area contributed by atoms with Crippen molar-refractivity contribution in [2.24, 2.45) is 0 Å². The van der Waals surface area contributed by atoms with E-state index in [1.165, 1.54) is 4.90 Å². The molecule has 0 radical (unpaired) electrons. The number of fused-ring (bicyclic) bond motifs is 1. The molecule has 3 heterocycles. The van der Waals surface area contributed by atoms with Crippen molar-refractivity contribution in [2.75, 3.05) is 37.5 Å². The van der Waals surface area contributed by atoms with Crippen LogP contribution in [0.4, 0.5) is 19.0 Å². The van der Waals surface area contributed by atoms with Gasteiger partial charge in [-0.05, 0) is 42.3 Å². The van der Waals surface area contributed by atoms with Crippen LogP contribution in [0.5, 0.6) is 5.75 Å². The van der Waals surface area contributed by atoms with E-state index >= 15 is 0 Å². The standard InChI is InChI=1S/C22H24F3N3O5S/c1-14(22(23,24)25)33-19-4-3-17(34(2,30)31)10-18(19)21(29)28-12-15-9-20(26-11-16(15)13-28)27-5-7-32-8-6-27/h3-4,9-11,14H,5-8,12-13H2,1-2H3/t14-/m0/s1. The number of ether oxygens (including phenoxy) is 2. The van der Waals surface area contributed by atoms with Gasteiger partial charge in [-0.1, -0.05) is 0 Å². The maximum atomic E-state index is 13.4. The summed E-state index contributed by atoms with van der Waals surface area (Å²) in [7, 11) is -3.70. The van der Waals surface area contributed by atoms with Crippen LogP contribution in [0.25, 0.3) is 0 Å². The predicted octanol–water partition coefficient (Wildman–Crippen LogP) is 2.81. The lowest BCUT2D eigenvalue weighted by molar-refractivity contribution is -0.189. The molecule has 1 amide bonds. The van der Waals surface area contributed by atoms with Crippen molar-refractivity contribution < 1.29 is 35.9 Å². The number of carbonyl (C=O) groups excluding carboxylic acids is 1. The quantitative estimate of drug-likeness (QED) is 0.625. The number of aromatic nitrogens is 1. The van der Waals surface area contributed by atoms with Gasteiger partial charge in [0.2, 0.25) is 0 Å². The van der Waals surface area contributed by atoms with Crippen molar-refractivity contribution in [3.05, 3.63) is 47.2 Å². The minimum atomic E-state index is -4.65. The molecule has 0 spiro atoms. The van der Waals surface area contributed by atoms with Gasteiger partial charge in [0.1, 0.15) is 11.6 Å². The first kappa shape index (κ1) is 24.3. The summed E-state index contributed by atoms with van der Waals surface area (Å²) in [5, 5.41) is 0. The lowest BCUT2D eigenvalue weighted by Gasteiger charge is -2.28. The summed E-state index contributed by atoms with van der Waals surface area (Å²) in [4.78, 5) is 21.2. The van der Waals surface area contributed by atoms with Crippen LogP contribution in [0.2, 0.25) is 0 Å². The number of benzene rings is 1. The number of alkyl halides is 3. The van der Waals surface area contributed by atoms with Crippen molar-refractivity contribution in [3.8, 4) is 5.75 Å². The molecule has 12 heteroatoms. The minimum Gasteiger partial charge on any atom is -0.480 e. The van der Waals surface area contributed by atoms with Gasteiger partial charge in [-0.2, -0.15) is 13.2 Å². The van der Waals surface area contributed by atoms with E-state index in [1.54, 1.807) is 6.20 Å². The van der Waals surface area contributed by atoms with E-state index in [9.17, 15) is 26.4 Å².